The van der Waals surface area contributed by atoms with Crippen LogP contribution in [0, 0.1) is 0 Å². The number of nitrogens with zero attached hydrogens (tertiary/aromatic N) is 3. The van der Waals surface area contributed by atoms with Gasteiger partial charge in [-0.15, -0.1) is 10.2 Å². The van der Waals surface area contributed by atoms with Crippen molar-refractivity contribution in [1.82, 2.24) is 20.1 Å². The number of aryl methyl sites for hydroxylation is 1. The van der Waals surface area contributed by atoms with Gasteiger partial charge in [0.1, 0.15) is 12.2 Å². The van der Waals surface area contributed by atoms with Crippen molar-refractivity contribution in [3.05, 3.63) is 12.2 Å². The molecule has 1 aliphatic rings. The Kier molecular flexibility index (Phi) is 4.12. The molecule has 0 spiro atoms. The summed E-state index contributed by atoms with van der Waals surface area (Å²) in [5.41, 5.74) is -0.474. The van der Waals surface area contributed by atoms with Crippen LogP contribution < -0.4 is 5.32 Å². The van der Waals surface area contributed by atoms with Crippen LogP contribution in [0.25, 0.3) is 0 Å². The third-order valence-corrected chi connectivity index (χ3v) is 3.57. The highest BCUT2D eigenvalue weighted by atomic mass is 16.3. The maximum absolute atomic E-state index is 10.3. The minimum atomic E-state index is -0.474. The Morgan fingerprint density at radius 1 is 1.41 bits per heavy atom. The number of rotatable bonds is 5. The molecule has 17 heavy (non-hydrogen) atoms. The van der Waals surface area contributed by atoms with Gasteiger partial charge < -0.3 is 15.0 Å². The monoisotopic (exact) mass is 238 g/mol. The van der Waals surface area contributed by atoms with E-state index in [1.54, 1.807) is 6.33 Å². The molecule has 1 saturated carbocycles. The minimum Gasteiger partial charge on any atom is -0.389 e. The summed E-state index contributed by atoms with van der Waals surface area (Å²) < 4.78 is 1.93. The van der Waals surface area contributed by atoms with Crippen LogP contribution in [0.5, 0.6) is 0 Å². The molecule has 1 aromatic heterocycles. The van der Waals surface area contributed by atoms with Gasteiger partial charge in [0.05, 0.1) is 5.60 Å². The predicted molar refractivity (Wildman–Crippen MR) is 65.6 cm³/mol. The van der Waals surface area contributed by atoms with Gasteiger partial charge >= 0.3 is 0 Å². The fourth-order valence-corrected chi connectivity index (χ4v) is 2.44. The minimum absolute atomic E-state index is 0.474. The van der Waals surface area contributed by atoms with Crippen molar-refractivity contribution in [2.75, 3.05) is 13.1 Å². The largest absolute Gasteiger partial charge is 0.389 e. The summed E-state index contributed by atoms with van der Waals surface area (Å²) in [6.45, 7) is 1.54. The fourth-order valence-electron chi connectivity index (χ4n) is 2.44. The maximum atomic E-state index is 10.3. The van der Waals surface area contributed by atoms with Crippen molar-refractivity contribution in [1.29, 1.82) is 0 Å². The van der Waals surface area contributed by atoms with Gasteiger partial charge in [-0.25, -0.2) is 0 Å². The Labute approximate surface area is 102 Å². The van der Waals surface area contributed by atoms with Crippen LogP contribution in [0.4, 0.5) is 0 Å². The van der Waals surface area contributed by atoms with E-state index in [1.165, 1.54) is 6.42 Å². The van der Waals surface area contributed by atoms with Crippen LogP contribution >= 0.6 is 0 Å². The van der Waals surface area contributed by atoms with E-state index < -0.39 is 5.60 Å². The van der Waals surface area contributed by atoms with E-state index in [2.05, 4.69) is 15.5 Å². The first kappa shape index (κ1) is 12.5. The molecule has 0 saturated heterocycles. The molecule has 5 nitrogen and oxygen atoms in total. The summed E-state index contributed by atoms with van der Waals surface area (Å²) in [5, 5.41) is 21.5. The lowest BCUT2D eigenvalue weighted by atomic mass is 9.85. The number of hydrogen-bond acceptors (Lipinski definition) is 4. The Hall–Kier alpha value is -0.940. The zero-order valence-corrected chi connectivity index (χ0v) is 10.5. The van der Waals surface area contributed by atoms with Gasteiger partial charge in [-0.05, 0) is 12.8 Å². The third-order valence-electron chi connectivity index (χ3n) is 3.57. The molecular weight excluding hydrogens is 216 g/mol. The van der Waals surface area contributed by atoms with E-state index in [0.717, 1.165) is 44.5 Å². The smallest absolute Gasteiger partial charge is 0.133 e. The molecular formula is C12H22N4O. The number of aromatic nitrogens is 3. The summed E-state index contributed by atoms with van der Waals surface area (Å²) in [5.74, 6) is 0.980. The van der Waals surface area contributed by atoms with Gasteiger partial charge in [0.15, 0.2) is 0 Å². The first-order valence-electron chi connectivity index (χ1n) is 6.46. The van der Waals surface area contributed by atoms with Gasteiger partial charge in [0.25, 0.3) is 0 Å². The topological polar surface area (TPSA) is 63.0 Å². The average Bonchev–Trinajstić information content (AvgIpc) is 2.72. The Morgan fingerprint density at radius 2 is 2.18 bits per heavy atom. The highest BCUT2D eigenvalue weighted by molar-refractivity contribution is 4.87. The van der Waals surface area contributed by atoms with Crippen LogP contribution in [0.3, 0.4) is 0 Å². The van der Waals surface area contributed by atoms with Crippen molar-refractivity contribution >= 4 is 0 Å². The van der Waals surface area contributed by atoms with Crippen LogP contribution in [0.15, 0.2) is 6.33 Å². The summed E-state index contributed by atoms with van der Waals surface area (Å²) in [6, 6.07) is 0. The number of nitrogens with one attached hydrogen (secondary N) is 1. The van der Waals surface area contributed by atoms with E-state index >= 15 is 0 Å². The molecule has 96 valence electrons. The summed E-state index contributed by atoms with van der Waals surface area (Å²) >= 11 is 0. The molecule has 1 heterocycles. The maximum Gasteiger partial charge on any atom is 0.133 e. The molecule has 0 bridgehead atoms. The second kappa shape index (κ2) is 5.60. The van der Waals surface area contributed by atoms with Crippen molar-refractivity contribution in [3.8, 4) is 0 Å². The molecule has 1 fully saturated rings. The number of aliphatic hydroxyl groups is 1. The number of hydrogen-bond donors (Lipinski definition) is 2. The molecule has 1 aliphatic carbocycles. The predicted octanol–water partition coefficient (Wildman–Crippen LogP) is 0.642. The molecule has 0 radical (unpaired) electrons. The van der Waals surface area contributed by atoms with Gasteiger partial charge in [-0.2, -0.15) is 0 Å². The Balaban J connectivity index is 1.67. The Morgan fingerprint density at radius 3 is 2.82 bits per heavy atom. The first-order chi connectivity index (χ1) is 8.20. The molecule has 5 heteroatoms. The normalized spacial score (nSPS) is 19.4. The van der Waals surface area contributed by atoms with Crippen LogP contribution in [0.2, 0.25) is 0 Å². The lowest BCUT2D eigenvalue weighted by Crippen LogP contribution is -2.42. The van der Waals surface area contributed by atoms with E-state index in [0.29, 0.717) is 6.54 Å². The highest BCUT2D eigenvalue weighted by Gasteiger charge is 2.28. The molecule has 0 aliphatic heterocycles. The van der Waals surface area contributed by atoms with E-state index in [4.69, 9.17) is 0 Å². The van der Waals surface area contributed by atoms with Crippen LogP contribution in [0.1, 0.15) is 37.9 Å². The third kappa shape index (κ3) is 3.51. The second-order valence-electron chi connectivity index (χ2n) is 5.07. The van der Waals surface area contributed by atoms with Crippen LogP contribution in [-0.2, 0) is 13.5 Å². The van der Waals surface area contributed by atoms with Crippen molar-refractivity contribution in [2.45, 2.75) is 44.1 Å². The van der Waals surface area contributed by atoms with Gasteiger partial charge in [0.2, 0.25) is 0 Å². The molecule has 0 atom stereocenters. The lowest BCUT2D eigenvalue weighted by molar-refractivity contribution is 0.00514. The SMILES string of the molecule is Cn1cnnc1CCNCC1(O)CCCCC1. The van der Waals surface area contributed by atoms with Crippen molar-refractivity contribution < 1.29 is 5.11 Å². The molecule has 2 N–H and O–H groups in total. The van der Waals surface area contributed by atoms with Crippen molar-refractivity contribution in [3.63, 3.8) is 0 Å². The second-order valence-corrected chi connectivity index (χ2v) is 5.07. The molecule has 0 amide bonds. The van der Waals surface area contributed by atoms with Gasteiger partial charge in [-0.1, -0.05) is 19.3 Å². The van der Waals surface area contributed by atoms with Gasteiger partial charge in [-0.3, -0.25) is 0 Å². The zero-order valence-electron chi connectivity index (χ0n) is 10.5. The summed E-state index contributed by atoms with van der Waals surface area (Å²) in [6.07, 6.45) is 8.01. The quantitative estimate of drug-likeness (QED) is 0.739. The highest BCUT2D eigenvalue weighted by Crippen LogP contribution is 2.27. The molecule has 0 aromatic carbocycles. The molecule has 1 aromatic rings. The Bertz CT molecular complexity index is 344. The molecule has 0 unspecified atom stereocenters. The zero-order chi connectivity index (χ0) is 12.1. The van der Waals surface area contributed by atoms with Gasteiger partial charge in [0, 0.05) is 26.6 Å². The average molecular weight is 238 g/mol. The molecule has 2 rings (SSSR count). The summed E-state index contributed by atoms with van der Waals surface area (Å²) in [4.78, 5) is 0. The van der Waals surface area contributed by atoms with E-state index in [-0.39, 0.29) is 0 Å². The first-order valence-corrected chi connectivity index (χ1v) is 6.46. The van der Waals surface area contributed by atoms with Crippen LogP contribution in [-0.4, -0.2) is 38.6 Å². The van der Waals surface area contributed by atoms with E-state index in [9.17, 15) is 5.11 Å². The standard InChI is InChI=1S/C12H22N4O/c1-16-10-14-15-11(16)5-8-13-9-12(17)6-3-2-4-7-12/h10,13,17H,2-9H2,1H3. The van der Waals surface area contributed by atoms with Crippen molar-refractivity contribution in [2.24, 2.45) is 7.05 Å². The lowest BCUT2D eigenvalue weighted by Gasteiger charge is -2.32. The fraction of sp³-hybridized carbons (Fsp3) is 0.833. The summed E-state index contributed by atoms with van der Waals surface area (Å²) in [7, 11) is 1.95. The van der Waals surface area contributed by atoms with E-state index in [1.807, 2.05) is 11.6 Å².